The molecule has 0 aliphatic rings. The predicted octanol–water partition coefficient (Wildman–Crippen LogP) is -4.51. The zero-order chi connectivity index (χ0) is 24.1. The molecule has 0 aromatic rings. The van der Waals surface area contributed by atoms with Crippen LogP contribution in [-0.2, 0) is 33.6 Å². The number of hydrogen-bond donors (Lipinski definition) is 8. The van der Waals surface area contributed by atoms with Crippen LogP contribution >= 0.6 is 0 Å². The first-order valence-corrected chi connectivity index (χ1v) is 8.97. The molecule has 0 fully saturated rings. The van der Waals surface area contributed by atoms with Crippen LogP contribution in [0.5, 0.6) is 0 Å². The van der Waals surface area contributed by atoms with Gasteiger partial charge in [-0.25, -0.2) is 4.79 Å². The molecule has 0 saturated carbocycles. The largest absolute Gasteiger partial charge is 0.481 e. The van der Waals surface area contributed by atoms with E-state index >= 15 is 0 Å². The lowest BCUT2D eigenvalue weighted by Crippen LogP contribution is -2.53. The minimum Gasteiger partial charge on any atom is -0.481 e. The van der Waals surface area contributed by atoms with Crippen LogP contribution in [0.25, 0.3) is 0 Å². The molecule has 0 aliphatic heterocycles. The topological polar surface area (TPSA) is 274 Å². The molecule has 11 N–H and O–H groups in total. The molecule has 0 spiro atoms. The molecule has 5 amide bonds. The van der Waals surface area contributed by atoms with Crippen molar-refractivity contribution in [2.24, 2.45) is 17.2 Å². The lowest BCUT2D eigenvalue weighted by atomic mass is 10.1. The number of carbonyl (C=O) groups is 7. The van der Waals surface area contributed by atoms with Crippen LogP contribution in [0.15, 0.2) is 0 Å². The molecule has 3 atom stereocenters. The summed E-state index contributed by atoms with van der Waals surface area (Å²) in [6, 6.07) is -4.20. The second-order valence-corrected chi connectivity index (χ2v) is 6.45. The monoisotopic (exact) mass is 446 g/mol. The SMILES string of the molecule is NC(=O)CCC(N)C(=O)NC(CCC(N)=O)C(=O)NCC(=O)NC(CC(=O)O)C(=O)O. The Bertz CT molecular complexity index is 726. The normalized spacial score (nSPS) is 13.2. The first-order valence-electron chi connectivity index (χ1n) is 8.97. The van der Waals surface area contributed by atoms with Crippen molar-refractivity contribution in [1.82, 2.24) is 16.0 Å². The number of hydrogen-bond acceptors (Lipinski definition) is 8. The molecule has 0 radical (unpaired) electrons. The summed E-state index contributed by atoms with van der Waals surface area (Å²) in [7, 11) is 0. The summed E-state index contributed by atoms with van der Waals surface area (Å²) in [5, 5.41) is 23.8. The van der Waals surface area contributed by atoms with Gasteiger partial charge in [0.05, 0.1) is 19.0 Å². The molecule has 3 unspecified atom stereocenters. The summed E-state index contributed by atoms with van der Waals surface area (Å²) in [5.74, 6) is -7.21. The van der Waals surface area contributed by atoms with E-state index in [1.165, 1.54) is 0 Å². The molecule has 0 bridgehead atoms. The van der Waals surface area contributed by atoms with Gasteiger partial charge in [0.15, 0.2) is 0 Å². The van der Waals surface area contributed by atoms with Gasteiger partial charge in [0.2, 0.25) is 29.5 Å². The van der Waals surface area contributed by atoms with Crippen molar-refractivity contribution >= 4 is 41.5 Å². The van der Waals surface area contributed by atoms with Gasteiger partial charge in [-0.05, 0) is 12.8 Å². The Morgan fingerprint density at radius 1 is 0.774 bits per heavy atom. The molecular weight excluding hydrogens is 420 g/mol. The van der Waals surface area contributed by atoms with Crippen LogP contribution in [0.2, 0.25) is 0 Å². The molecule has 0 heterocycles. The van der Waals surface area contributed by atoms with Crippen molar-refractivity contribution in [3.63, 3.8) is 0 Å². The third-order valence-corrected chi connectivity index (χ3v) is 3.79. The molecule has 15 nitrogen and oxygen atoms in total. The highest BCUT2D eigenvalue weighted by Crippen LogP contribution is 2.01. The van der Waals surface area contributed by atoms with Crippen molar-refractivity contribution in [3.8, 4) is 0 Å². The number of amides is 5. The summed E-state index contributed by atoms with van der Waals surface area (Å²) in [6.45, 7) is -0.737. The van der Waals surface area contributed by atoms with Crippen molar-refractivity contribution in [2.45, 2.75) is 50.2 Å². The number of carboxylic acids is 2. The highest BCUT2D eigenvalue weighted by Gasteiger charge is 2.26. The zero-order valence-corrected chi connectivity index (χ0v) is 16.5. The molecule has 15 heteroatoms. The quantitative estimate of drug-likeness (QED) is 0.119. The molecule has 0 aliphatic carbocycles. The molecule has 174 valence electrons. The van der Waals surface area contributed by atoms with E-state index in [0.29, 0.717) is 0 Å². The fourth-order valence-corrected chi connectivity index (χ4v) is 2.17. The van der Waals surface area contributed by atoms with Gasteiger partial charge in [-0.1, -0.05) is 0 Å². The fraction of sp³-hybridized carbons (Fsp3) is 0.562. The molecule has 31 heavy (non-hydrogen) atoms. The Hall–Kier alpha value is -3.75. The minimum atomic E-state index is -1.71. The number of carbonyl (C=O) groups excluding carboxylic acids is 5. The summed E-state index contributed by atoms with van der Waals surface area (Å²) in [4.78, 5) is 79.5. The van der Waals surface area contributed by atoms with Crippen molar-refractivity contribution in [1.29, 1.82) is 0 Å². The van der Waals surface area contributed by atoms with Crippen LogP contribution in [0.4, 0.5) is 0 Å². The summed E-state index contributed by atoms with van der Waals surface area (Å²) < 4.78 is 0. The zero-order valence-electron chi connectivity index (χ0n) is 16.5. The second kappa shape index (κ2) is 13.5. The van der Waals surface area contributed by atoms with Crippen LogP contribution in [0.3, 0.4) is 0 Å². The van der Waals surface area contributed by atoms with Crippen molar-refractivity contribution in [3.05, 3.63) is 0 Å². The Balaban J connectivity index is 4.93. The van der Waals surface area contributed by atoms with Gasteiger partial charge in [-0.2, -0.15) is 0 Å². The van der Waals surface area contributed by atoms with E-state index in [4.69, 9.17) is 27.4 Å². The molecule has 0 aromatic heterocycles. The Labute approximate surface area is 176 Å². The van der Waals surface area contributed by atoms with Gasteiger partial charge >= 0.3 is 11.9 Å². The van der Waals surface area contributed by atoms with Crippen molar-refractivity contribution in [2.75, 3.05) is 6.54 Å². The highest BCUT2D eigenvalue weighted by molar-refractivity contribution is 5.93. The van der Waals surface area contributed by atoms with E-state index in [1.54, 1.807) is 0 Å². The van der Waals surface area contributed by atoms with Gasteiger partial charge in [-0.15, -0.1) is 0 Å². The average molecular weight is 446 g/mol. The van der Waals surface area contributed by atoms with E-state index in [9.17, 15) is 33.6 Å². The van der Waals surface area contributed by atoms with Crippen LogP contribution in [-0.4, -0.2) is 76.4 Å². The van der Waals surface area contributed by atoms with E-state index in [-0.39, 0.29) is 25.7 Å². The van der Waals surface area contributed by atoms with Gasteiger partial charge in [0.25, 0.3) is 0 Å². The lowest BCUT2D eigenvalue weighted by molar-refractivity contribution is -0.147. The third-order valence-electron chi connectivity index (χ3n) is 3.79. The Kier molecular flexibility index (Phi) is 11.8. The smallest absolute Gasteiger partial charge is 0.326 e. The van der Waals surface area contributed by atoms with E-state index in [1.807, 2.05) is 5.32 Å². The number of primary amides is 2. The van der Waals surface area contributed by atoms with Crippen LogP contribution < -0.4 is 33.2 Å². The lowest BCUT2D eigenvalue weighted by Gasteiger charge is -2.20. The highest BCUT2D eigenvalue weighted by atomic mass is 16.4. The second-order valence-electron chi connectivity index (χ2n) is 6.45. The Morgan fingerprint density at radius 3 is 1.81 bits per heavy atom. The van der Waals surface area contributed by atoms with E-state index in [0.717, 1.165) is 0 Å². The maximum absolute atomic E-state index is 12.3. The maximum Gasteiger partial charge on any atom is 0.326 e. The summed E-state index contributed by atoms with van der Waals surface area (Å²) in [6.07, 6.45) is -1.66. The number of rotatable bonds is 15. The van der Waals surface area contributed by atoms with E-state index < -0.39 is 72.6 Å². The van der Waals surface area contributed by atoms with Gasteiger partial charge in [0.1, 0.15) is 12.1 Å². The third kappa shape index (κ3) is 12.4. The fourth-order valence-electron chi connectivity index (χ4n) is 2.17. The number of nitrogens with one attached hydrogen (secondary N) is 3. The van der Waals surface area contributed by atoms with Crippen molar-refractivity contribution < 1.29 is 43.8 Å². The standard InChI is InChI=1S/C16H26N6O9/c17-7(1-3-10(18)23)14(28)22-8(2-4-11(19)24)15(29)20-6-12(25)21-9(16(30)31)5-13(26)27/h7-9H,1-6,17H2,(H2,18,23)(H2,19,24)(H,20,29)(H,21,25)(H,22,28)(H,26,27)(H,30,31). The first kappa shape index (κ1) is 27.2. The Morgan fingerprint density at radius 2 is 1.32 bits per heavy atom. The molecule has 0 saturated heterocycles. The number of aliphatic carboxylic acids is 2. The van der Waals surface area contributed by atoms with Crippen LogP contribution in [0.1, 0.15) is 32.1 Å². The average Bonchev–Trinajstić information content (AvgIpc) is 2.65. The molecular formula is C16H26N6O9. The van der Waals surface area contributed by atoms with Gasteiger partial charge in [-0.3, -0.25) is 28.8 Å². The number of nitrogens with two attached hydrogens (primary N) is 3. The molecule has 0 rings (SSSR count). The summed E-state index contributed by atoms with van der Waals surface area (Å²) in [5.41, 5.74) is 15.6. The first-order chi connectivity index (χ1) is 14.3. The maximum atomic E-state index is 12.3. The predicted molar refractivity (Wildman–Crippen MR) is 102 cm³/mol. The van der Waals surface area contributed by atoms with E-state index in [2.05, 4.69) is 10.6 Å². The van der Waals surface area contributed by atoms with Gasteiger partial charge < -0.3 is 43.4 Å². The minimum absolute atomic E-state index is 0.0894. The van der Waals surface area contributed by atoms with Gasteiger partial charge in [0, 0.05) is 12.8 Å². The molecule has 0 aromatic carbocycles. The van der Waals surface area contributed by atoms with Crippen LogP contribution in [0, 0.1) is 0 Å². The number of carboxylic acid groups (broad SMARTS) is 2. The summed E-state index contributed by atoms with van der Waals surface area (Å²) >= 11 is 0.